The topological polar surface area (TPSA) is 51.0 Å². The Hall–Kier alpha value is -1.82. The molecule has 1 fully saturated rings. The van der Waals surface area contributed by atoms with Crippen LogP contribution in [0.25, 0.3) is 0 Å². The zero-order chi connectivity index (χ0) is 15.2. The highest BCUT2D eigenvalue weighted by Crippen LogP contribution is 2.23. The predicted molar refractivity (Wildman–Crippen MR) is 86.7 cm³/mol. The number of nitrogens with zero attached hydrogens (tertiary/aromatic N) is 4. The maximum Gasteiger partial charge on any atom is 0.223 e. The molecule has 0 atom stereocenters. The summed E-state index contributed by atoms with van der Waals surface area (Å²) in [4.78, 5) is 15.5. The summed E-state index contributed by atoms with van der Waals surface area (Å²) in [7, 11) is 0. The Morgan fingerprint density at radius 3 is 2.68 bits per heavy atom. The van der Waals surface area contributed by atoms with Gasteiger partial charge in [-0.15, -0.1) is 16.9 Å². The normalized spacial score (nSPS) is 15.9. The van der Waals surface area contributed by atoms with Crippen molar-refractivity contribution in [2.24, 2.45) is 0 Å². The van der Waals surface area contributed by atoms with E-state index in [4.69, 9.17) is 0 Å². The highest BCUT2D eigenvalue weighted by Gasteiger charge is 2.23. The minimum atomic E-state index is 0.264. The number of hydrogen-bond acceptors (Lipinski definition) is 4. The molecule has 0 radical (unpaired) electrons. The lowest BCUT2D eigenvalue weighted by atomic mass is 10.1. The van der Waals surface area contributed by atoms with Gasteiger partial charge in [0, 0.05) is 36.4 Å². The first-order valence-corrected chi connectivity index (χ1v) is 8.63. The second-order valence-electron chi connectivity index (χ2n) is 5.41. The smallest absolute Gasteiger partial charge is 0.223 e. The van der Waals surface area contributed by atoms with Crippen molar-refractivity contribution in [1.29, 1.82) is 0 Å². The first kappa shape index (κ1) is 15.1. The van der Waals surface area contributed by atoms with Gasteiger partial charge in [-0.05, 0) is 25.0 Å². The Kier molecular flexibility index (Phi) is 5.11. The Morgan fingerprint density at radius 2 is 2.00 bits per heavy atom. The van der Waals surface area contributed by atoms with Gasteiger partial charge in [0.25, 0.3) is 0 Å². The Balaban J connectivity index is 1.40. The molecule has 6 heteroatoms. The second-order valence-corrected chi connectivity index (χ2v) is 6.57. The number of aromatic nitrogens is 3. The van der Waals surface area contributed by atoms with Gasteiger partial charge in [-0.25, -0.2) is 4.68 Å². The third kappa shape index (κ3) is 3.88. The van der Waals surface area contributed by atoms with E-state index in [2.05, 4.69) is 22.4 Å². The molecule has 0 bridgehead atoms. The average Bonchev–Trinajstić information content (AvgIpc) is 3.10. The number of likely N-dealkylation sites (tertiary alicyclic amines) is 1. The molecule has 0 saturated carbocycles. The van der Waals surface area contributed by atoms with Gasteiger partial charge in [0.15, 0.2) is 0 Å². The van der Waals surface area contributed by atoms with Gasteiger partial charge in [0.2, 0.25) is 5.91 Å². The number of hydrogen-bond donors (Lipinski definition) is 0. The highest BCUT2D eigenvalue weighted by atomic mass is 32.2. The number of rotatable bonds is 5. The van der Waals surface area contributed by atoms with Crippen LogP contribution in [0.1, 0.15) is 25.3 Å². The molecule has 5 nitrogen and oxygen atoms in total. The summed E-state index contributed by atoms with van der Waals surface area (Å²) in [5.74, 6) is 1.10. The van der Waals surface area contributed by atoms with Crippen LogP contribution in [-0.2, 0) is 4.79 Å². The molecule has 116 valence electrons. The van der Waals surface area contributed by atoms with Crippen LogP contribution in [0.5, 0.6) is 0 Å². The van der Waals surface area contributed by atoms with Crippen LogP contribution in [0.15, 0.2) is 47.6 Å². The molecule has 1 aromatic carbocycles. The average molecular weight is 316 g/mol. The van der Waals surface area contributed by atoms with Gasteiger partial charge in [-0.2, -0.15) is 0 Å². The molecule has 0 spiro atoms. The Morgan fingerprint density at radius 1 is 1.23 bits per heavy atom. The van der Waals surface area contributed by atoms with E-state index < -0.39 is 0 Å². The minimum absolute atomic E-state index is 0.264. The second kappa shape index (κ2) is 7.45. The quantitative estimate of drug-likeness (QED) is 0.796. The van der Waals surface area contributed by atoms with Crippen molar-refractivity contribution >= 4 is 17.7 Å². The van der Waals surface area contributed by atoms with Crippen LogP contribution in [0.3, 0.4) is 0 Å². The first-order valence-electron chi connectivity index (χ1n) is 7.64. The predicted octanol–water partition coefficient (Wildman–Crippen LogP) is 2.62. The molecule has 2 aromatic rings. The lowest BCUT2D eigenvalue weighted by Crippen LogP contribution is -2.39. The van der Waals surface area contributed by atoms with Gasteiger partial charge >= 0.3 is 0 Å². The number of carbonyl (C=O) groups is 1. The molecule has 3 rings (SSSR count). The molecule has 1 aliphatic heterocycles. The van der Waals surface area contributed by atoms with Crippen molar-refractivity contribution in [2.45, 2.75) is 30.2 Å². The Bertz CT molecular complexity index is 579. The Labute approximate surface area is 134 Å². The fourth-order valence-electron chi connectivity index (χ4n) is 2.72. The molecule has 1 aliphatic rings. The fourth-order valence-corrected chi connectivity index (χ4v) is 3.58. The van der Waals surface area contributed by atoms with E-state index in [-0.39, 0.29) is 5.91 Å². The van der Waals surface area contributed by atoms with Gasteiger partial charge in [-0.3, -0.25) is 4.79 Å². The standard InChI is InChI=1S/C16H20N4OS/c21-16(8-13-22-15-4-2-1-3-5-15)19-10-6-14(7-11-19)20-12-9-17-18-20/h1-5,9,12,14H,6-8,10-11,13H2. The number of carbonyl (C=O) groups excluding carboxylic acids is 1. The minimum Gasteiger partial charge on any atom is -0.343 e. The molecule has 0 N–H and O–H groups in total. The van der Waals surface area contributed by atoms with Crippen LogP contribution >= 0.6 is 11.8 Å². The summed E-state index contributed by atoms with van der Waals surface area (Å²) in [5, 5.41) is 7.90. The summed E-state index contributed by atoms with van der Waals surface area (Å²) >= 11 is 1.74. The number of benzene rings is 1. The molecular formula is C16H20N4OS. The summed E-state index contributed by atoms with van der Waals surface area (Å²) in [6.07, 6.45) is 6.13. The lowest BCUT2D eigenvalue weighted by Gasteiger charge is -2.31. The molecule has 22 heavy (non-hydrogen) atoms. The van der Waals surface area contributed by atoms with E-state index in [9.17, 15) is 4.79 Å². The van der Waals surface area contributed by atoms with Gasteiger partial charge in [0.05, 0.1) is 12.2 Å². The van der Waals surface area contributed by atoms with Crippen molar-refractivity contribution in [1.82, 2.24) is 19.9 Å². The number of amides is 1. The molecule has 1 saturated heterocycles. The SMILES string of the molecule is O=C(CCSc1ccccc1)N1CCC(n2ccnn2)CC1. The van der Waals surface area contributed by atoms with Gasteiger partial charge < -0.3 is 4.90 Å². The maximum absolute atomic E-state index is 12.3. The van der Waals surface area contributed by atoms with Crippen molar-refractivity contribution in [2.75, 3.05) is 18.8 Å². The third-order valence-electron chi connectivity index (χ3n) is 3.96. The van der Waals surface area contributed by atoms with E-state index in [0.717, 1.165) is 31.7 Å². The largest absolute Gasteiger partial charge is 0.343 e. The third-order valence-corrected chi connectivity index (χ3v) is 4.97. The van der Waals surface area contributed by atoms with Crippen LogP contribution in [0.4, 0.5) is 0 Å². The monoisotopic (exact) mass is 316 g/mol. The van der Waals surface area contributed by atoms with Crippen LogP contribution in [-0.4, -0.2) is 44.6 Å². The first-order chi connectivity index (χ1) is 10.8. The van der Waals surface area contributed by atoms with E-state index in [1.165, 1.54) is 4.90 Å². The number of thioether (sulfide) groups is 1. The van der Waals surface area contributed by atoms with Crippen molar-refractivity contribution in [3.63, 3.8) is 0 Å². The zero-order valence-corrected chi connectivity index (χ0v) is 13.3. The molecule has 0 unspecified atom stereocenters. The van der Waals surface area contributed by atoms with Gasteiger partial charge in [-0.1, -0.05) is 23.4 Å². The van der Waals surface area contributed by atoms with Crippen molar-refractivity contribution in [3.8, 4) is 0 Å². The van der Waals surface area contributed by atoms with E-state index in [1.807, 2.05) is 34.0 Å². The lowest BCUT2D eigenvalue weighted by molar-refractivity contribution is -0.132. The van der Waals surface area contributed by atoms with E-state index in [1.54, 1.807) is 18.0 Å². The summed E-state index contributed by atoms with van der Waals surface area (Å²) in [5.41, 5.74) is 0. The molecule has 0 aliphatic carbocycles. The summed E-state index contributed by atoms with van der Waals surface area (Å²) in [6.45, 7) is 1.64. The van der Waals surface area contributed by atoms with Gasteiger partial charge in [0.1, 0.15) is 0 Å². The van der Waals surface area contributed by atoms with Crippen molar-refractivity contribution in [3.05, 3.63) is 42.7 Å². The summed E-state index contributed by atoms with van der Waals surface area (Å²) < 4.78 is 1.91. The maximum atomic E-state index is 12.3. The van der Waals surface area contributed by atoms with Crippen molar-refractivity contribution < 1.29 is 4.79 Å². The number of piperidine rings is 1. The van der Waals surface area contributed by atoms with E-state index >= 15 is 0 Å². The van der Waals surface area contributed by atoms with Crippen LogP contribution < -0.4 is 0 Å². The van der Waals surface area contributed by atoms with Crippen LogP contribution in [0.2, 0.25) is 0 Å². The summed E-state index contributed by atoms with van der Waals surface area (Å²) in [6, 6.07) is 10.6. The van der Waals surface area contributed by atoms with E-state index in [0.29, 0.717) is 12.5 Å². The highest BCUT2D eigenvalue weighted by molar-refractivity contribution is 7.99. The molecular weight excluding hydrogens is 296 g/mol. The molecule has 1 aromatic heterocycles. The molecule has 2 heterocycles. The van der Waals surface area contributed by atoms with Crippen LogP contribution in [0, 0.1) is 0 Å². The fraction of sp³-hybridized carbons (Fsp3) is 0.438. The zero-order valence-electron chi connectivity index (χ0n) is 12.5. The molecule has 1 amide bonds.